The Kier molecular flexibility index (Phi) is 4.25. The molecule has 3 aromatic rings. The van der Waals surface area contributed by atoms with E-state index in [1.807, 2.05) is 0 Å². The molecule has 0 radical (unpaired) electrons. The van der Waals surface area contributed by atoms with Crippen LogP contribution in [0.2, 0.25) is 0 Å². The third kappa shape index (κ3) is 3.17. The number of methoxy groups -OCH3 is 2. The van der Waals surface area contributed by atoms with Gasteiger partial charge in [-0.2, -0.15) is 13.2 Å². The van der Waals surface area contributed by atoms with Crippen molar-refractivity contribution in [1.82, 2.24) is 9.97 Å². The van der Waals surface area contributed by atoms with Gasteiger partial charge in [0.2, 0.25) is 12.7 Å². The summed E-state index contributed by atoms with van der Waals surface area (Å²) in [5, 5.41) is 2.58. The van der Waals surface area contributed by atoms with Gasteiger partial charge in [0.15, 0.2) is 28.7 Å². The van der Waals surface area contributed by atoms with E-state index in [0.29, 0.717) is 17.2 Å². The molecule has 1 aliphatic heterocycles. The average molecular weight is 393 g/mol. The fraction of sp³-hybridized carbons (Fsp3) is 0.222. The zero-order chi connectivity index (χ0) is 19.9. The Morgan fingerprint density at radius 1 is 0.964 bits per heavy atom. The molecule has 0 fully saturated rings. The van der Waals surface area contributed by atoms with Crippen molar-refractivity contribution < 1.29 is 32.1 Å². The number of aromatic nitrogens is 2. The van der Waals surface area contributed by atoms with Gasteiger partial charge in [-0.25, -0.2) is 9.97 Å². The Labute approximate surface area is 157 Å². The van der Waals surface area contributed by atoms with Gasteiger partial charge in [-0.15, -0.1) is 0 Å². The lowest BCUT2D eigenvalue weighted by atomic mass is 10.1. The molecular weight excluding hydrogens is 379 g/mol. The highest BCUT2D eigenvalue weighted by Crippen LogP contribution is 2.39. The minimum Gasteiger partial charge on any atom is -0.493 e. The zero-order valence-electron chi connectivity index (χ0n) is 14.8. The molecule has 0 amide bonds. The summed E-state index contributed by atoms with van der Waals surface area (Å²) >= 11 is 0. The third-order valence-corrected chi connectivity index (χ3v) is 4.10. The van der Waals surface area contributed by atoms with Gasteiger partial charge in [0.1, 0.15) is 0 Å². The number of nitrogens with zero attached hydrogens (tertiary/aromatic N) is 2. The Morgan fingerprint density at radius 3 is 2.39 bits per heavy atom. The molecule has 28 heavy (non-hydrogen) atoms. The van der Waals surface area contributed by atoms with Crippen LogP contribution >= 0.6 is 0 Å². The summed E-state index contributed by atoms with van der Waals surface area (Å²) in [6, 6.07) is 7.45. The van der Waals surface area contributed by atoms with Crippen LogP contribution in [0.3, 0.4) is 0 Å². The summed E-state index contributed by atoms with van der Waals surface area (Å²) < 4.78 is 61.6. The van der Waals surface area contributed by atoms with Crippen LogP contribution in [0.4, 0.5) is 24.8 Å². The third-order valence-electron chi connectivity index (χ3n) is 4.10. The molecule has 0 unspecified atom stereocenters. The second-order valence-electron chi connectivity index (χ2n) is 5.81. The summed E-state index contributed by atoms with van der Waals surface area (Å²) in [4.78, 5) is 7.87. The Bertz CT molecular complexity index is 1060. The quantitative estimate of drug-likeness (QED) is 0.714. The van der Waals surface area contributed by atoms with Crippen LogP contribution in [0, 0.1) is 0 Å². The van der Waals surface area contributed by atoms with Gasteiger partial charge in [0.25, 0.3) is 0 Å². The van der Waals surface area contributed by atoms with Crippen LogP contribution < -0.4 is 24.3 Å². The maximum Gasteiger partial charge on any atom is 0.434 e. The monoisotopic (exact) mass is 393 g/mol. The van der Waals surface area contributed by atoms with E-state index in [9.17, 15) is 13.2 Å². The molecule has 0 saturated carbocycles. The maximum absolute atomic E-state index is 13.6. The van der Waals surface area contributed by atoms with Crippen molar-refractivity contribution in [2.24, 2.45) is 0 Å². The number of benzene rings is 2. The predicted octanol–water partition coefficient (Wildman–Crippen LogP) is 4.14. The normalized spacial score (nSPS) is 12.9. The lowest BCUT2D eigenvalue weighted by Gasteiger charge is -2.15. The molecule has 2 heterocycles. The molecule has 7 nitrogen and oxygen atoms in total. The van der Waals surface area contributed by atoms with E-state index in [-0.39, 0.29) is 35.1 Å². The highest BCUT2D eigenvalue weighted by Gasteiger charge is 2.36. The van der Waals surface area contributed by atoms with E-state index in [1.54, 1.807) is 18.2 Å². The van der Waals surface area contributed by atoms with E-state index < -0.39 is 11.9 Å². The van der Waals surface area contributed by atoms with Crippen molar-refractivity contribution in [3.63, 3.8) is 0 Å². The van der Waals surface area contributed by atoms with Crippen molar-refractivity contribution in [2.75, 3.05) is 26.3 Å². The molecule has 0 atom stereocenters. The predicted molar refractivity (Wildman–Crippen MR) is 93.5 cm³/mol. The largest absolute Gasteiger partial charge is 0.493 e. The molecule has 146 valence electrons. The number of anilines is 2. The summed E-state index contributed by atoms with van der Waals surface area (Å²) in [5.74, 6) is 1.23. The highest BCUT2D eigenvalue weighted by atomic mass is 19.4. The van der Waals surface area contributed by atoms with E-state index in [2.05, 4.69) is 15.3 Å². The van der Waals surface area contributed by atoms with Gasteiger partial charge in [-0.1, -0.05) is 0 Å². The lowest BCUT2D eigenvalue weighted by molar-refractivity contribution is -0.139. The summed E-state index contributed by atoms with van der Waals surface area (Å²) in [7, 11) is 2.73. The van der Waals surface area contributed by atoms with Crippen LogP contribution in [0.15, 0.2) is 30.3 Å². The van der Waals surface area contributed by atoms with E-state index >= 15 is 0 Å². The molecule has 10 heteroatoms. The summed E-state index contributed by atoms with van der Waals surface area (Å²) in [6.45, 7) is 0.0884. The van der Waals surface area contributed by atoms with Crippen LogP contribution in [0.5, 0.6) is 23.0 Å². The number of rotatable bonds is 4. The molecule has 0 spiro atoms. The van der Waals surface area contributed by atoms with Crippen molar-refractivity contribution in [2.45, 2.75) is 6.18 Å². The number of hydrogen-bond acceptors (Lipinski definition) is 7. The van der Waals surface area contributed by atoms with Gasteiger partial charge in [-0.3, -0.25) is 0 Å². The molecule has 1 N–H and O–H groups in total. The van der Waals surface area contributed by atoms with Crippen molar-refractivity contribution in [1.29, 1.82) is 0 Å². The molecule has 2 aromatic carbocycles. The van der Waals surface area contributed by atoms with Crippen molar-refractivity contribution >= 4 is 22.5 Å². The Balaban J connectivity index is 1.82. The van der Waals surface area contributed by atoms with Crippen LogP contribution in [0.1, 0.15) is 5.69 Å². The number of ether oxygens (including phenoxy) is 4. The smallest absolute Gasteiger partial charge is 0.434 e. The van der Waals surface area contributed by atoms with Crippen LogP contribution in [0.25, 0.3) is 10.9 Å². The summed E-state index contributed by atoms with van der Waals surface area (Å²) in [6.07, 6.45) is -4.69. The Hall–Kier alpha value is -3.43. The molecule has 0 aliphatic carbocycles. The van der Waals surface area contributed by atoms with Crippen molar-refractivity contribution in [3.05, 3.63) is 36.0 Å². The molecule has 4 rings (SSSR count). The first-order valence-electron chi connectivity index (χ1n) is 8.06. The van der Waals surface area contributed by atoms with E-state index in [1.165, 1.54) is 26.4 Å². The number of nitrogens with one attached hydrogen (secondary N) is 1. The molecule has 1 aromatic heterocycles. The minimum absolute atomic E-state index is 0.0585. The fourth-order valence-corrected chi connectivity index (χ4v) is 2.83. The number of halogens is 3. The second kappa shape index (κ2) is 6.63. The first-order chi connectivity index (χ1) is 13.4. The number of alkyl halides is 3. The fourth-order valence-electron chi connectivity index (χ4n) is 2.83. The zero-order valence-corrected chi connectivity index (χ0v) is 14.8. The van der Waals surface area contributed by atoms with Crippen LogP contribution in [-0.2, 0) is 6.18 Å². The van der Waals surface area contributed by atoms with Crippen LogP contribution in [-0.4, -0.2) is 31.0 Å². The maximum atomic E-state index is 13.6. The topological polar surface area (TPSA) is 74.7 Å². The average Bonchev–Trinajstić information content (AvgIpc) is 3.13. The number of fused-ring (bicyclic) bond motifs is 2. The molecular formula is C18H14F3N3O4. The first kappa shape index (κ1) is 18.0. The van der Waals surface area contributed by atoms with E-state index in [4.69, 9.17) is 18.9 Å². The van der Waals surface area contributed by atoms with Gasteiger partial charge in [0.05, 0.1) is 19.7 Å². The Morgan fingerprint density at radius 2 is 1.68 bits per heavy atom. The highest BCUT2D eigenvalue weighted by molar-refractivity contribution is 5.86. The molecule has 0 bridgehead atoms. The standard InChI is InChI=1S/C18H14F3N3O4/c1-25-13-6-10-11(7-14(13)26-2)23-17(24-16(10)18(19,20)21)22-9-3-4-12-15(5-9)28-8-27-12/h3-7H,8H2,1-2H3,(H,22,23,24). The summed E-state index contributed by atoms with van der Waals surface area (Å²) in [5.41, 5.74) is -0.567. The van der Waals surface area contributed by atoms with Gasteiger partial charge < -0.3 is 24.3 Å². The van der Waals surface area contributed by atoms with Gasteiger partial charge in [0, 0.05) is 23.2 Å². The number of hydrogen-bond donors (Lipinski definition) is 1. The van der Waals surface area contributed by atoms with Crippen molar-refractivity contribution in [3.8, 4) is 23.0 Å². The van der Waals surface area contributed by atoms with Gasteiger partial charge >= 0.3 is 6.18 Å². The molecule has 1 aliphatic rings. The molecule has 0 saturated heterocycles. The SMILES string of the molecule is COc1cc2nc(Nc3ccc4c(c3)OCO4)nc(C(F)(F)F)c2cc1OC. The minimum atomic E-state index is -4.69. The lowest BCUT2D eigenvalue weighted by Crippen LogP contribution is -2.12. The van der Waals surface area contributed by atoms with Gasteiger partial charge in [-0.05, 0) is 18.2 Å². The first-order valence-corrected chi connectivity index (χ1v) is 8.06. The second-order valence-corrected chi connectivity index (χ2v) is 5.81. The van der Waals surface area contributed by atoms with E-state index in [0.717, 1.165) is 0 Å².